The van der Waals surface area contributed by atoms with Crippen molar-refractivity contribution >= 4 is 5.91 Å². The van der Waals surface area contributed by atoms with Crippen LogP contribution in [0.15, 0.2) is 61.2 Å². The third-order valence-electron chi connectivity index (χ3n) is 4.52. The first-order chi connectivity index (χ1) is 12.6. The second-order valence-corrected chi connectivity index (χ2v) is 6.20. The fraction of sp³-hybridized carbons (Fsp3) is 0.250. The number of rotatable bonds is 6. The molecule has 0 aliphatic heterocycles. The van der Waals surface area contributed by atoms with Gasteiger partial charge >= 0.3 is 0 Å². The molecule has 0 radical (unpaired) electrons. The van der Waals surface area contributed by atoms with Gasteiger partial charge in [0.15, 0.2) is 0 Å². The highest BCUT2D eigenvalue weighted by atomic mass is 16.5. The fourth-order valence-corrected chi connectivity index (χ4v) is 2.84. The Balaban J connectivity index is 1.70. The van der Waals surface area contributed by atoms with Crippen LogP contribution in [0.1, 0.15) is 22.8 Å². The van der Waals surface area contributed by atoms with Crippen molar-refractivity contribution in [2.45, 2.75) is 19.4 Å². The Bertz CT molecular complexity index is 860. The van der Waals surface area contributed by atoms with Crippen molar-refractivity contribution in [2.75, 3.05) is 14.2 Å². The zero-order valence-corrected chi connectivity index (χ0v) is 15.2. The number of ether oxygens (including phenoxy) is 1. The van der Waals surface area contributed by atoms with E-state index in [1.165, 1.54) is 0 Å². The van der Waals surface area contributed by atoms with Gasteiger partial charge in [0.2, 0.25) is 0 Å². The lowest BCUT2D eigenvalue weighted by Crippen LogP contribution is -2.36. The molecule has 0 aliphatic carbocycles. The summed E-state index contributed by atoms with van der Waals surface area (Å²) in [6.45, 7) is 2.04. The van der Waals surface area contributed by atoms with Crippen molar-refractivity contribution in [2.24, 2.45) is 0 Å². The highest BCUT2D eigenvalue weighted by Gasteiger charge is 2.19. The standard InChI is InChI=1S/C20H22N4O2/c1-15(12-17-6-4-5-7-19(17)26-3)23(2)20(25)16-8-10-18(11-9-16)24-13-21-22-14-24/h4-11,13-15H,12H2,1-3H3/t15-/m0/s1. The number of carbonyl (C=O) groups excluding carboxylic acids is 1. The largest absolute Gasteiger partial charge is 0.496 e. The van der Waals surface area contributed by atoms with Crippen LogP contribution < -0.4 is 4.74 Å². The lowest BCUT2D eigenvalue weighted by molar-refractivity contribution is 0.0743. The molecule has 2 aromatic carbocycles. The average Bonchev–Trinajstić information content (AvgIpc) is 3.22. The van der Waals surface area contributed by atoms with Crippen molar-refractivity contribution in [3.63, 3.8) is 0 Å². The monoisotopic (exact) mass is 350 g/mol. The zero-order valence-electron chi connectivity index (χ0n) is 15.2. The number of hydrogen-bond donors (Lipinski definition) is 0. The molecule has 0 unspecified atom stereocenters. The Morgan fingerprint density at radius 1 is 1.12 bits per heavy atom. The van der Waals surface area contributed by atoms with Crippen LogP contribution in [0.3, 0.4) is 0 Å². The number of nitrogens with zero attached hydrogens (tertiary/aromatic N) is 4. The fourth-order valence-electron chi connectivity index (χ4n) is 2.84. The van der Waals surface area contributed by atoms with Gasteiger partial charge in [-0.15, -0.1) is 10.2 Å². The lowest BCUT2D eigenvalue weighted by atomic mass is 10.0. The van der Waals surface area contributed by atoms with Gasteiger partial charge in [0.1, 0.15) is 18.4 Å². The van der Waals surface area contributed by atoms with Gasteiger partial charge < -0.3 is 9.64 Å². The molecule has 134 valence electrons. The molecule has 0 N–H and O–H groups in total. The van der Waals surface area contributed by atoms with Gasteiger partial charge in [0.05, 0.1) is 7.11 Å². The molecule has 0 spiro atoms. The number of likely N-dealkylation sites (N-methyl/N-ethyl adjacent to an activating group) is 1. The molecule has 0 bridgehead atoms. The molecule has 0 saturated carbocycles. The van der Waals surface area contributed by atoms with Crippen LogP contribution in [-0.2, 0) is 6.42 Å². The normalized spacial score (nSPS) is 11.8. The molecule has 26 heavy (non-hydrogen) atoms. The van der Waals surface area contributed by atoms with E-state index in [-0.39, 0.29) is 11.9 Å². The van der Waals surface area contributed by atoms with Crippen LogP contribution in [0.4, 0.5) is 0 Å². The molecule has 6 nitrogen and oxygen atoms in total. The van der Waals surface area contributed by atoms with Crippen LogP contribution in [0.5, 0.6) is 5.75 Å². The summed E-state index contributed by atoms with van der Waals surface area (Å²) in [6.07, 6.45) is 3.97. The summed E-state index contributed by atoms with van der Waals surface area (Å²) in [5, 5.41) is 7.58. The van der Waals surface area contributed by atoms with Crippen molar-refractivity contribution in [3.05, 3.63) is 72.3 Å². The molecule has 3 aromatic rings. The van der Waals surface area contributed by atoms with E-state index in [0.29, 0.717) is 5.56 Å². The number of benzene rings is 2. The van der Waals surface area contributed by atoms with Crippen molar-refractivity contribution in [3.8, 4) is 11.4 Å². The van der Waals surface area contributed by atoms with Gasteiger partial charge in [-0.25, -0.2) is 0 Å². The Morgan fingerprint density at radius 2 is 1.77 bits per heavy atom. The molecule has 0 fully saturated rings. The predicted molar refractivity (Wildman–Crippen MR) is 99.6 cm³/mol. The molecular weight excluding hydrogens is 328 g/mol. The van der Waals surface area contributed by atoms with E-state index in [4.69, 9.17) is 4.74 Å². The van der Waals surface area contributed by atoms with E-state index in [9.17, 15) is 4.79 Å². The third kappa shape index (κ3) is 3.74. The van der Waals surface area contributed by atoms with Gasteiger partial charge in [0.25, 0.3) is 5.91 Å². The second kappa shape index (κ2) is 7.82. The topological polar surface area (TPSA) is 60.2 Å². The SMILES string of the molecule is COc1ccccc1C[C@H](C)N(C)C(=O)c1ccc(-n2cnnc2)cc1. The zero-order chi connectivity index (χ0) is 18.5. The van der Waals surface area contributed by atoms with E-state index in [0.717, 1.165) is 23.4 Å². The third-order valence-corrected chi connectivity index (χ3v) is 4.52. The molecule has 1 amide bonds. The first-order valence-electron chi connectivity index (χ1n) is 8.44. The van der Waals surface area contributed by atoms with E-state index < -0.39 is 0 Å². The van der Waals surface area contributed by atoms with Crippen LogP contribution >= 0.6 is 0 Å². The number of hydrogen-bond acceptors (Lipinski definition) is 4. The summed E-state index contributed by atoms with van der Waals surface area (Å²) in [7, 11) is 3.49. The maximum Gasteiger partial charge on any atom is 0.253 e. The van der Waals surface area contributed by atoms with Crippen LogP contribution in [0, 0.1) is 0 Å². The molecule has 1 atom stereocenters. The molecule has 1 aromatic heterocycles. The maximum absolute atomic E-state index is 12.8. The van der Waals surface area contributed by atoms with Gasteiger partial charge in [-0.05, 0) is 49.2 Å². The van der Waals surface area contributed by atoms with Gasteiger partial charge in [-0.1, -0.05) is 18.2 Å². The average molecular weight is 350 g/mol. The first kappa shape index (κ1) is 17.7. The number of para-hydroxylation sites is 1. The van der Waals surface area contributed by atoms with E-state index in [2.05, 4.69) is 10.2 Å². The minimum atomic E-state index is -0.0114. The quantitative estimate of drug-likeness (QED) is 0.686. The van der Waals surface area contributed by atoms with E-state index in [1.807, 2.05) is 62.5 Å². The van der Waals surface area contributed by atoms with Crippen LogP contribution in [0.2, 0.25) is 0 Å². The Hall–Kier alpha value is -3.15. The minimum Gasteiger partial charge on any atom is -0.496 e. The minimum absolute atomic E-state index is 0.0114. The smallest absolute Gasteiger partial charge is 0.253 e. The maximum atomic E-state index is 12.8. The summed E-state index contributed by atoms with van der Waals surface area (Å²) in [6, 6.07) is 15.3. The summed E-state index contributed by atoms with van der Waals surface area (Å²) in [5.74, 6) is 0.834. The van der Waals surface area contributed by atoms with Crippen LogP contribution in [-0.4, -0.2) is 45.8 Å². The summed E-state index contributed by atoms with van der Waals surface area (Å²) in [5.41, 5.74) is 2.65. The number of carbonyl (C=O) groups is 1. The van der Waals surface area contributed by atoms with Crippen molar-refractivity contribution < 1.29 is 9.53 Å². The van der Waals surface area contributed by atoms with Gasteiger partial charge in [-0.3, -0.25) is 9.36 Å². The molecule has 1 heterocycles. The molecule has 0 aliphatic rings. The lowest BCUT2D eigenvalue weighted by Gasteiger charge is -2.26. The molecule has 6 heteroatoms. The second-order valence-electron chi connectivity index (χ2n) is 6.20. The van der Waals surface area contributed by atoms with Crippen LogP contribution in [0.25, 0.3) is 5.69 Å². The summed E-state index contributed by atoms with van der Waals surface area (Å²) < 4.78 is 7.20. The Kier molecular flexibility index (Phi) is 5.31. The molecule has 3 rings (SSSR count). The highest BCUT2D eigenvalue weighted by molar-refractivity contribution is 5.94. The highest BCUT2D eigenvalue weighted by Crippen LogP contribution is 2.21. The number of amides is 1. The Morgan fingerprint density at radius 3 is 2.42 bits per heavy atom. The van der Waals surface area contributed by atoms with Gasteiger partial charge in [0, 0.05) is 24.3 Å². The van der Waals surface area contributed by atoms with E-state index in [1.54, 1.807) is 29.2 Å². The summed E-state index contributed by atoms with van der Waals surface area (Å²) >= 11 is 0. The van der Waals surface area contributed by atoms with E-state index >= 15 is 0 Å². The number of methoxy groups -OCH3 is 1. The Labute approximate surface area is 153 Å². The number of aromatic nitrogens is 3. The summed E-state index contributed by atoms with van der Waals surface area (Å²) in [4.78, 5) is 14.6. The predicted octanol–water partition coefficient (Wildman–Crippen LogP) is 2.98. The van der Waals surface area contributed by atoms with Crippen molar-refractivity contribution in [1.29, 1.82) is 0 Å². The first-order valence-corrected chi connectivity index (χ1v) is 8.44. The molecule has 0 saturated heterocycles. The van der Waals surface area contributed by atoms with Gasteiger partial charge in [-0.2, -0.15) is 0 Å². The van der Waals surface area contributed by atoms with Crippen molar-refractivity contribution in [1.82, 2.24) is 19.7 Å². The molecular formula is C20H22N4O2.